The molecule has 3 aromatic carbocycles. The molecule has 0 radical (unpaired) electrons. The second-order valence-corrected chi connectivity index (χ2v) is 8.65. The van der Waals surface area contributed by atoms with E-state index in [2.05, 4.69) is 5.32 Å². The number of ether oxygens (including phenoxy) is 2. The average molecular weight is 483 g/mol. The Kier molecular flexibility index (Phi) is 6.71. The van der Waals surface area contributed by atoms with E-state index in [-0.39, 0.29) is 25.0 Å². The molecule has 36 heavy (non-hydrogen) atoms. The maximum Gasteiger partial charge on any atom is 0.258 e. The number of hydrogen-bond donors (Lipinski definition) is 1. The molecule has 1 aromatic heterocycles. The highest BCUT2D eigenvalue weighted by Crippen LogP contribution is 2.33. The normalized spacial score (nSPS) is 11.8. The summed E-state index contributed by atoms with van der Waals surface area (Å²) < 4.78 is 16.1. The number of nitrogens with one attached hydrogen (secondary N) is 1. The van der Waals surface area contributed by atoms with Crippen molar-refractivity contribution in [1.29, 1.82) is 0 Å². The van der Waals surface area contributed by atoms with Gasteiger partial charge in [-0.05, 0) is 60.5 Å². The lowest BCUT2D eigenvalue weighted by Gasteiger charge is -2.24. The van der Waals surface area contributed by atoms with Gasteiger partial charge in [0.1, 0.15) is 5.76 Å². The molecule has 7 nitrogen and oxygen atoms in total. The van der Waals surface area contributed by atoms with E-state index in [1.165, 1.54) is 0 Å². The van der Waals surface area contributed by atoms with Crippen molar-refractivity contribution in [3.05, 3.63) is 113 Å². The highest BCUT2D eigenvalue weighted by molar-refractivity contribution is 6.06. The van der Waals surface area contributed by atoms with Gasteiger partial charge in [0.15, 0.2) is 11.5 Å². The van der Waals surface area contributed by atoms with Crippen LogP contribution in [0.4, 0.5) is 5.69 Å². The second kappa shape index (κ2) is 10.4. The van der Waals surface area contributed by atoms with Gasteiger partial charge in [-0.1, -0.05) is 42.0 Å². The third-order valence-electron chi connectivity index (χ3n) is 5.95. The summed E-state index contributed by atoms with van der Waals surface area (Å²) in [4.78, 5) is 28.0. The van der Waals surface area contributed by atoms with E-state index < -0.39 is 0 Å². The highest BCUT2D eigenvalue weighted by atomic mass is 16.7. The number of carbonyl (C=O) groups is 2. The molecule has 0 saturated carbocycles. The minimum Gasteiger partial charge on any atom is -0.467 e. The average Bonchev–Trinajstić information content (AvgIpc) is 3.58. The number of benzene rings is 3. The molecule has 2 heterocycles. The van der Waals surface area contributed by atoms with Crippen LogP contribution in [-0.4, -0.2) is 18.6 Å². The molecule has 1 N–H and O–H groups in total. The number of rotatable bonds is 8. The van der Waals surface area contributed by atoms with Crippen molar-refractivity contribution < 1.29 is 23.5 Å². The largest absolute Gasteiger partial charge is 0.467 e. The van der Waals surface area contributed by atoms with Crippen molar-refractivity contribution in [2.75, 3.05) is 11.7 Å². The lowest BCUT2D eigenvalue weighted by atomic mass is 10.1. The molecule has 182 valence electrons. The summed E-state index contributed by atoms with van der Waals surface area (Å²) in [7, 11) is 0. The Balaban J connectivity index is 1.39. The maximum atomic E-state index is 13.7. The molecule has 0 spiro atoms. The SMILES string of the molecule is Cc1ccc(CN(C(=O)c2ccc3c(c2)OCO3)c2cccc(CC(=O)NCc3ccco3)c2)cc1. The molecule has 0 fully saturated rings. The Morgan fingerprint density at radius 1 is 0.889 bits per heavy atom. The molecule has 1 aliphatic heterocycles. The smallest absolute Gasteiger partial charge is 0.258 e. The van der Waals surface area contributed by atoms with Crippen molar-refractivity contribution in [3.63, 3.8) is 0 Å². The summed E-state index contributed by atoms with van der Waals surface area (Å²) in [6, 6.07) is 24.4. The molecule has 4 aromatic rings. The summed E-state index contributed by atoms with van der Waals surface area (Å²) in [6.45, 7) is 2.87. The predicted molar refractivity (Wildman–Crippen MR) is 135 cm³/mol. The van der Waals surface area contributed by atoms with Gasteiger partial charge in [-0.2, -0.15) is 0 Å². The van der Waals surface area contributed by atoms with Crippen LogP contribution in [0.15, 0.2) is 89.5 Å². The van der Waals surface area contributed by atoms with E-state index in [1.54, 1.807) is 35.4 Å². The van der Waals surface area contributed by atoms with Crippen LogP contribution in [0, 0.1) is 6.92 Å². The van der Waals surface area contributed by atoms with Crippen LogP contribution < -0.4 is 19.7 Å². The van der Waals surface area contributed by atoms with Gasteiger partial charge in [0.05, 0.1) is 25.8 Å². The molecule has 0 saturated heterocycles. The first-order valence-corrected chi connectivity index (χ1v) is 11.7. The minimum absolute atomic E-state index is 0.129. The summed E-state index contributed by atoms with van der Waals surface area (Å²) >= 11 is 0. The number of hydrogen-bond acceptors (Lipinski definition) is 5. The topological polar surface area (TPSA) is 81.0 Å². The van der Waals surface area contributed by atoms with Crippen LogP contribution in [0.25, 0.3) is 0 Å². The number of carbonyl (C=O) groups excluding carboxylic acids is 2. The molecule has 0 atom stereocenters. The predicted octanol–water partition coefficient (Wildman–Crippen LogP) is 5.02. The number of aryl methyl sites for hydroxylation is 1. The van der Waals surface area contributed by atoms with Gasteiger partial charge in [0.25, 0.3) is 5.91 Å². The van der Waals surface area contributed by atoms with E-state index in [4.69, 9.17) is 13.9 Å². The lowest BCUT2D eigenvalue weighted by molar-refractivity contribution is -0.120. The molecule has 0 unspecified atom stereocenters. The zero-order chi connectivity index (χ0) is 24.9. The number of furan rings is 1. The monoisotopic (exact) mass is 482 g/mol. The van der Waals surface area contributed by atoms with Crippen molar-refractivity contribution in [3.8, 4) is 11.5 Å². The van der Waals surface area contributed by atoms with Crippen LogP contribution >= 0.6 is 0 Å². The quantitative estimate of drug-likeness (QED) is 0.381. The molecular weight excluding hydrogens is 456 g/mol. The number of nitrogens with zero attached hydrogens (tertiary/aromatic N) is 1. The van der Waals surface area contributed by atoms with E-state index in [0.29, 0.717) is 41.6 Å². The van der Waals surface area contributed by atoms with Crippen molar-refractivity contribution >= 4 is 17.5 Å². The Labute approximate surface area is 209 Å². The van der Waals surface area contributed by atoms with Gasteiger partial charge in [-0.3, -0.25) is 9.59 Å². The number of fused-ring (bicyclic) bond motifs is 1. The molecular formula is C29H26N2O5. The maximum absolute atomic E-state index is 13.7. The Morgan fingerprint density at radius 3 is 2.53 bits per heavy atom. The fraction of sp³-hybridized carbons (Fsp3) is 0.172. The van der Waals surface area contributed by atoms with E-state index in [9.17, 15) is 9.59 Å². The summed E-state index contributed by atoms with van der Waals surface area (Å²) in [5.74, 6) is 1.57. The summed E-state index contributed by atoms with van der Waals surface area (Å²) in [5, 5.41) is 2.86. The minimum atomic E-state index is -0.173. The van der Waals surface area contributed by atoms with E-state index in [1.807, 2.05) is 61.5 Å². The lowest BCUT2D eigenvalue weighted by Crippen LogP contribution is -2.30. The molecule has 5 rings (SSSR count). The third kappa shape index (κ3) is 5.41. The first-order valence-electron chi connectivity index (χ1n) is 11.7. The Bertz CT molecular complexity index is 1360. The van der Waals surface area contributed by atoms with Crippen LogP contribution in [0.2, 0.25) is 0 Å². The molecule has 7 heteroatoms. The van der Waals surface area contributed by atoms with E-state index in [0.717, 1.165) is 16.7 Å². The van der Waals surface area contributed by atoms with Crippen molar-refractivity contribution in [2.45, 2.75) is 26.4 Å². The zero-order valence-corrected chi connectivity index (χ0v) is 19.9. The van der Waals surface area contributed by atoms with Crippen molar-refractivity contribution in [1.82, 2.24) is 5.32 Å². The van der Waals surface area contributed by atoms with Gasteiger partial charge < -0.3 is 24.1 Å². The summed E-state index contributed by atoms with van der Waals surface area (Å²) in [5.41, 5.74) is 4.14. The standard InChI is InChI=1S/C29H26N2O5/c1-20-7-9-21(10-8-20)18-31(29(33)23-11-12-26-27(16-23)36-19-35-26)24-5-2-4-22(14-24)15-28(32)30-17-25-6-3-13-34-25/h2-14,16H,15,17-19H2,1H3,(H,30,32). The fourth-order valence-electron chi connectivity index (χ4n) is 4.02. The van der Waals surface area contributed by atoms with Gasteiger partial charge in [0.2, 0.25) is 12.7 Å². The first kappa shape index (κ1) is 23.2. The molecule has 2 amide bonds. The fourth-order valence-corrected chi connectivity index (χ4v) is 4.02. The van der Waals surface area contributed by atoms with Crippen LogP contribution in [0.1, 0.15) is 32.8 Å². The van der Waals surface area contributed by atoms with Gasteiger partial charge in [-0.25, -0.2) is 0 Å². The van der Waals surface area contributed by atoms with Crippen molar-refractivity contribution in [2.24, 2.45) is 0 Å². The van der Waals surface area contributed by atoms with E-state index >= 15 is 0 Å². The van der Waals surface area contributed by atoms with Crippen LogP contribution in [0.3, 0.4) is 0 Å². The first-order chi connectivity index (χ1) is 17.5. The van der Waals surface area contributed by atoms with Crippen LogP contribution in [0.5, 0.6) is 11.5 Å². The number of anilines is 1. The Hall–Kier alpha value is -4.52. The van der Waals surface area contributed by atoms with Gasteiger partial charge in [0, 0.05) is 11.3 Å². The van der Waals surface area contributed by atoms with Gasteiger partial charge >= 0.3 is 0 Å². The molecule has 1 aliphatic rings. The highest BCUT2D eigenvalue weighted by Gasteiger charge is 2.22. The third-order valence-corrected chi connectivity index (χ3v) is 5.95. The summed E-state index contributed by atoms with van der Waals surface area (Å²) in [6.07, 6.45) is 1.76. The second-order valence-electron chi connectivity index (χ2n) is 8.65. The molecule has 0 aliphatic carbocycles. The Morgan fingerprint density at radius 2 is 1.72 bits per heavy atom. The van der Waals surface area contributed by atoms with Crippen LogP contribution in [-0.2, 0) is 24.3 Å². The number of amides is 2. The van der Waals surface area contributed by atoms with Gasteiger partial charge in [-0.15, -0.1) is 0 Å². The zero-order valence-electron chi connectivity index (χ0n) is 19.9. The molecule has 0 bridgehead atoms.